The van der Waals surface area contributed by atoms with Crippen molar-refractivity contribution in [2.75, 3.05) is 26.3 Å². The lowest BCUT2D eigenvalue weighted by molar-refractivity contribution is 0.0342. The molecular formula is C16H26N2O2S. The Balaban J connectivity index is 1.58. The smallest absolute Gasteiger partial charge is 0.0926 e. The first-order chi connectivity index (χ1) is 10.3. The van der Waals surface area contributed by atoms with Gasteiger partial charge in [0.05, 0.1) is 22.9 Å². The zero-order valence-corrected chi connectivity index (χ0v) is 13.7. The first-order valence-corrected chi connectivity index (χ1v) is 9.10. The van der Waals surface area contributed by atoms with Gasteiger partial charge in [-0.05, 0) is 32.1 Å². The Hall–Kier alpha value is -0.490. The van der Waals surface area contributed by atoms with Crippen molar-refractivity contribution < 1.29 is 9.47 Å². The molecule has 0 bridgehead atoms. The van der Waals surface area contributed by atoms with Crippen LogP contribution in [0.25, 0.3) is 0 Å². The maximum atomic E-state index is 5.81. The van der Waals surface area contributed by atoms with Crippen molar-refractivity contribution in [3.05, 3.63) is 16.1 Å². The van der Waals surface area contributed by atoms with Crippen LogP contribution in [0.5, 0.6) is 0 Å². The number of nitrogens with zero attached hydrogens (tertiary/aromatic N) is 2. The largest absolute Gasteiger partial charge is 0.377 e. The monoisotopic (exact) mass is 310 g/mol. The fourth-order valence-corrected chi connectivity index (χ4v) is 3.91. The quantitative estimate of drug-likeness (QED) is 0.775. The molecule has 2 atom stereocenters. The van der Waals surface area contributed by atoms with Gasteiger partial charge in [-0.25, -0.2) is 4.98 Å². The van der Waals surface area contributed by atoms with Crippen LogP contribution < -0.4 is 0 Å². The van der Waals surface area contributed by atoms with Crippen molar-refractivity contribution >= 4 is 11.3 Å². The van der Waals surface area contributed by atoms with E-state index in [1.807, 2.05) is 0 Å². The molecule has 2 fully saturated rings. The maximum absolute atomic E-state index is 5.81. The van der Waals surface area contributed by atoms with Gasteiger partial charge in [0.15, 0.2) is 0 Å². The Morgan fingerprint density at radius 2 is 1.86 bits per heavy atom. The fraction of sp³-hybridized carbons (Fsp3) is 0.812. The van der Waals surface area contributed by atoms with Gasteiger partial charge in [0, 0.05) is 38.2 Å². The second kappa shape index (κ2) is 7.68. The van der Waals surface area contributed by atoms with Crippen LogP contribution in [-0.4, -0.2) is 48.4 Å². The van der Waals surface area contributed by atoms with Gasteiger partial charge in [0.2, 0.25) is 0 Å². The molecule has 3 heterocycles. The second-order valence-corrected chi connectivity index (χ2v) is 6.99. The summed E-state index contributed by atoms with van der Waals surface area (Å²) >= 11 is 1.78. The Morgan fingerprint density at radius 1 is 1.19 bits per heavy atom. The zero-order chi connectivity index (χ0) is 14.5. The minimum Gasteiger partial charge on any atom is -0.377 e. The molecule has 1 aromatic rings. The van der Waals surface area contributed by atoms with Crippen LogP contribution in [0.4, 0.5) is 0 Å². The van der Waals surface area contributed by atoms with Crippen LogP contribution in [0.15, 0.2) is 5.38 Å². The van der Waals surface area contributed by atoms with Crippen LogP contribution in [0.1, 0.15) is 43.3 Å². The van der Waals surface area contributed by atoms with Crippen molar-refractivity contribution in [2.24, 2.45) is 0 Å². The van der Waals surface area contributed by atoms with E-state index in [1.165, 1.54) is 36.4 Å². The van der Waals surface area contributed by atoms with E-state index in [0.29, 0.717) is 12.2 Å². The maximum Gasteiger partial charge on any atom is 0.0926 e. The molecule has 0 radical (unpaired) electrons. The number of aromatic nitrogens is 1. The molecule has 2 saturated heterocycles. The minimum atomic E-state index is 0.399. The molecule has 4 nitrogen and oxygen atoms in total. The SMILES string of the molecule is CCc1nc(CN(C[C@H]2CCCO2)C[C@H]2CCCO2)cs1. The van der Waals surface area contributed by atoms with Gasteiger partial charge < -0.3 is 9.47 Å². The molecule has 1 aromatic heterocycles. The summed E-state index contributed by atoms with van der Waals surface area (Å²) in [7, 11) is 0. The van der Waals surface area contributed by atoms with Gasteiger partial charge in [-0.2, -0.15) is 0 Å². The third-order valence-electron chi connectivity index (χ3n) is 4.26. The molecule has 0 amide bonds. The molecule has 3 rings (SSSR count). The van der Waals surface area contributed by atoms with Crippen LogP contribution in [0.3, 0.4) is 0 Å². The Kier molecular flexibility index (Phi) is 5.63. The summed E-state index contributed by atoms with van der Waals surface area (Å²) in [6.07, 6.45) is 6.62. The number of hydrogen-bond acceptors (Lipinski definition) is 5. The van der Waals surface area contributed by atoms with E-state index in [4.69, 9.17) is 14.5 Å². The lowest BCUT2D eigenvalue weighted by Crippen LogP contribution is -2.37. The molecule has 21 heavy (non-hydrogen) atoms. The standard InChI is InChI=1S/C16H26N2O2S/c1-2-16-17-13(12-21-16)9-18(10-14-5-3-7-19-14)11-15-6-4-8-20-15/h12,14-15H,2-11H2,1H3/t14-,15-/m1/s1. The van der Waals surface area contributed by atoms with E-state index >= 15 is 0 Å². The number of hydrogen-bond donors (Lipinski definition) is 0. The van der Waals surface area contributed by atoms with Gasteiger partial charge in [0.1, 0.15) is 0 Å². The summed E-state index contributed by atoms with van der Waals surface area (Å²) in [5, 5.41) is 3.44. The van der Waals surface area contributed by atoms with Crippen LogP contribution in [-0.2, 0) is 22.4 Å². The van der Waals surface area contributed by atoms with E-state index < -0.39 is 0 Å². The van der Waals surface area contributed by atoms with Gasteiger partial charge in [-0.3, -0.25) is 4.90 Å². The summed E-state index contributed by atoms with van der Waals surface area (Å²) in [5.41, 5.74) is 1.20. The minimum absolute atomic E-state index is 0.399. The summed E-state index contributed by atoms with van der Waals surface area (Å²) in [6, 6.07) is 0. The zero-order valence-electron chi connectivity index (χ0n) is 12.9. The number of thiazole rings is 1. The predicted molar refractivity (Wildman–Crippen MR) is 84.7 cm³/mol. The number of rotatable bonds is 7. The molecule has 0 saturated carbocycles. The number of aryl methyl sites for hydroxylation is 1. The average Bonchev–Trinajstić information content (AvgIpc) is 3.20. The van der Waals surface area contributed by atoms with E-state index in [-0.39, 0.29) is 0 Å². The summed E-state index contributed by atoms with van der Waals surface area (Å²) in [6.45, 7) is 6.97. The highest BCUT2D eigenvalue weighted by Gasteiger charge is 2.24. The molecule has 0 N–H and O–H groups in total. The molecule has 118 valence electrons. The Labute approximate surface area is 131 Å². The lowest BCUT2D eigenvalue weighted by Gasteiger charge is -2.26. The third kappa shape index (κ3) is 4.49. The Morgan fingerprint density at radius 3 is 2.33 bits per heavy atom. The van der Waals surface area contributed by atoms with Crippen molar-refractivity contribution in [1.82, 2.24) is 9.88 Å². The second-order valence-electron chi connectivity index (χ2n) is 6.05. The normalized spacial score (nSPS) is 26.0. The van der Waals surface area contributed by atoms with Crippen LogP contribution in [0.2, 0.25) is 0 Å². The van der Waals surface area contributed by atoms with E-state index in [1.54, 1.807) is 11.3 Å². The molecule has 2 aliphatic heterocycles. The first-order valence-electron chi connectivity index (χ1n) is 8.22. The van der Waals surface area contributed by atoms with Gasteiger partial charge >= 0.3 is 0 Å². The Bertz CT molecular complexity index is 408. The van der Waals surface area contributed by atoms with E-state index in [2.05, 4.69) is 17.2 Å². The van der Waals surface area contributed by atoms with Crippen molar-refractivity contribution in [3.8, 4) is 0 Å². The molecular weight excluding hydrogens is 284 g/mol. The topological polar surface area (TPSA) is 34.6 Å². The fourth-order valence-electron chi connectivity index (χ4n) is 3.17. The van der Waals surface area contributed by atoms with Crippen LogP contribution >= 0.6 is 11.3 Å². The van der Waals surface area contributed by atoms with Crippen molar-refractivity contribution in [2.45, 2.75) is 57.8 Å². The molecule has 2 aliphatic rings. The highest BCUT2D eigenvalue weighted by atomic mass is 32.1. The molecule has 0 aromatic carbocycles. The highest BCUT2D eigenvalue weighted by Crippen LogP contribution is 2.19. The van der Waals surface area contributed by atoms with Crippen molar-refractivity contribution in [3.63, 3.8) is 0 Å². The predicted octanol–water partition coefficient (Wildman–Crippen LogP) is 2.87. The van der Waals surface area contributed by atoms with Gasteiger partial charge in [-0.1, -0.05) is 6.92 Å². The summed E-state index contributed by atoms with van der Waals surface area (Å²) in [5.74, 6) is 0. The average molecular weight is 310 g/mol. The summed E-state index contributed by atoms with van der Waals surface area (Å²) in [4.78, 5) is 7.20. The molecule has 0 aliphatic carbocycles. The molecule has 0 spiro atoms. The highest BCUT2D eigenvalue weighted by molar-refractivity contribution is 7.09. The number of ether oxygens (including phenoxy) is 2. The van der Waals surface area contributed by atoms with E-state index in [0.717, 1.165) is 39.3 Å². The van der Waals surface area contributed by atoms with Crippen molar-refractivity contribution in [1.29, 1.82) is 0 Å². The first kappa shape index (κ1) is 15.4. The van der Waals surface area contributed by atoms with Crippen LogP contribution in [0, 0.1) is 0 Å². The van der Waals surface area contributed by atoms with Gasteiger partial charge in [0.25, 0.3) is 0 Å². The van der Waals surface area contributed by atoms with Gasteiger partial charge in [-0.15, -0.1) is 11.3 Å². The third-order valence-corrected chi connectivity index (χ3v) is 5.30. The molecule has 5 heteroatoms. The summed E-state index contributed by atoms with van der Waals surface area (Å²) < 4.78 is 11.6. The molecule has 0 unspecified atom stereocenters. The lowest BCUT2D eigenvalue weighted by atomic mass is 10.2. The van der Waals surface area contributed by atoms with E-state index in [9.17, 15) is 0 Å².